The maximum atomic E-state index is 11.7. The lowest BCUT2D eigenvalue weighted by Gasteiger charge is -2.21. The SMILES string of the molecule is CN=C(NCCCOCC1CCOCC1)NCc1ccc(S(=O)(=O)NC)cc1.I. The Kier molecular flexibility index (Phi) is 12.7. The molecule has 1 aliphatic rings. The Balaban J connectivity index is 0.00000420. The van der Waals surface area contributed by atoms with E-state index in [1.54, 1.807) is 31.3 Å². The number of nitrogens with one attached hydrogen (secondary N) is 3. The van der Waals surface area contributed by atoms with Crippen LogP contribution in [-0.2, 0) is 26.0 Å². The zero-order valence-electron chi connectivity index (χ0n) is 17.1. The number of hydrogen-bond acceptors (Lipinski definition) is 5. The number of ether oxygens (including phenoxy) is 2. The molecule has 0 bridgehead atoms. The molecule has 166 valence electrons. The molecule has 0 radical (unpaired) electrons. The number of halogens is 1. The molecule has 8 nitrogen and oxygen atoms in total. The molecule has 1 saturated heterocycles. The van der Waals surface area contributed by atoms with Crippen LogP contribution in [0.4, 0.5) is 0 Å². The molecule has 1 fully saturated rings. The van der Waals surface area contributed by atoms with E-state index in [-0.39, 0.29) is 28.9 Å². The van der Waals surface area contributed by atoms with E-state index in [1.165, 1.54) is 7.05 Å². The number of hydrogen-bond donors (Lipinski definition) is 3. The summed E-state index contributed by atoms with van der Waals surface area (Å²) in [6.45, 7) is 4.57. The van der Waals surface area contributed by atoms with Crippen LogP contribution in [0.5, 0.6) is 0 Å². The first kappa shape index (κ1) is 26.1. The average molecular weight is 540 g/mol. The summed E-state index contributed by atoms with van der Waals surface area (Å²) in [7, 11) is -0.282. The van der Waals surface area contributed by atoms with Crippen LogP contribution < -0.4 is 15.4 Å². The summed E-state index contributed by atoms with van der Waals surface area (Å²) in [6, 6.07) is 6.76. The molecule has 1 aromatic rings. The highest BCUT2D eigenvalue weighted by Gasteiger charge is 2.13. The van der Waals surface area contributed by atoms with Gasteiger partial charge in [0.05, 0.1) is 4.90 Å². The minimum atomic E-state index is -3.40. The highest BCUT2D eigenvalue weighted by atomic mass is 127. The molecule has 0 spiro atoms. The molecule has 3 N–H and O–H groups in total. The van der Waals surface area contributed by atoms with E-state index in [4.69, 9.17) is 9.47 Å². The fourth-order valence-electron chi connectivity index (χ4n) is 2.85. The van der Waals surface area contributed by atoms with Gasteiger partial charge in [0.15, 0.2) is 5.96 Å². The molecule has 0 saturated carbocycles. The van der Waals surface area contributed by atoms with E-state index < -0.39 is 10.0 Å². The summed E-state index contributed by atoms with van der Waals surface area (Å²) in [4.78, 5) is 4.45. The quantitative estimate of drug-likeness (QED) is 0.181. The Morgan fingerprint density at radius 1 is 1.21 bits per heavy atom. The number of guanidine groups is 1. The Morgan fingerprint density at radius 3 is 2.52 bits per heavy atom. The van der Waals surface area contributed by atoms with Crippen LogP contribution in [0.2, 0.25) is 0 Å². The van der Waals surface area contributed by atoms with E-state index in [0.717, 1.165) is 57.8 Å². The number of benzene rings is 1. The summed E-state index contributed by atoms with van der Waals surface area (Å²) < 4.78 is 36.9. The fourth-order valence-corrected chi connectivity index (χ4v) is 3.58. The van der Waals surface area contributed by atoms with Crippen molar-refractivity contribution < 1.29 is 17.9 Å². The lowest BCUT2D eigenvalue weighted by atomic mass is 10.0. The first-order valence-corrected chi connectivity index (χ1v) is 11.2. The highest BCUT2D eigenvalue weighted by Crippen LogP contribution is 2.14. The summed E-state index contributed by atoms with van der Waals surface area (Å²) >= 11 is 0. The van der Waals surface area contributed by atoms with Crippen LogP contribution in [-0.4, -0.2) is 61.4 Å². The maximum absolute atomic E-state index is 11.7. The molecule has 0 atom stereocenters. The van der Waals surface area contributed by atoms with E-state index in [9.17, 15) is 8.42 Å². The van der Waals surface area contributed by atoms with E-state index in [1.807, 2.05) is 0 Å². The second-order valence-electron chi connectivity index (χ2n) is 6.69. The van der Waals surface area contributed by atoms with Gasteiger partial charge in [-0.1, -0.05) is 12.1 Å². The second kappa shape index (κ2) is 14.1. The largest absolute Gasteiger partial charge is 0.381 e. The van der Waals surface area contributed by atoms with Crippen molar-refractivity contribution in [3.63, 3.8) is 0 Å². The predicted molar refractivity (Wildman–Crippen MR) is 125 cm³/mol. The van der Waals surface area contributed by atoms with Crippen molar-refractivity contribution in [1.82, 2.24) is 15.4 Å². The van der Waals surface area contributed by atoms with Gasteiger partial charge in [0.25, 0.3) is 0 Å². The highest BCUT2D eigenvalue weighted by molar-refractivity contribution is 14.0. The van der Waals surface area contributed by atoms with Gasteiger partial charge in [-0.2, -0.15) is 0 Å². The van der Waals surface area contributed by atoms with Gasteiger partial charge < -0.3 is 20.1 Å². The number of nitrogens with zero attached hydrogens (tertiary/aromatic N) is 1. The molecule has 2 rings (SSSR count). The lowest BCUT2D eigenvalue weighted by Crippen LogP contribution is -2.37. The average Bonchev–Trinajstić information content (AvgIpc) is 2.73. The van der Waals surface area contributed by atoms with Gasteiger partial charge in [0.2, 0.25) is 10.0 Å². The summed E-state index contributed by atoms with van der Waals surface area (Å²) in [6.07, 6.45) is 3.09. The normalized spacial score (nSPS) is 15.6. The Labute approximate surface area is 191 Å². The standard InChI is InChI=1S/C19H32N4O4S.HI/c1-20-19(22-10-3-11-27-15-17-8-12-26-13-9-17)23-14-16-4-6-18(7-5-16)28(24,25)21-2;/h4-7,17,21H,3,8-15H2,1-2H3,(H2,20,22,23);1H. The third-order valence-electron chi connectivity index (χ3n) is 4.64. The third-order valence-corrected chi connectivity index (χ3v) is 6.07. The van der Waals surface area contributed by atoms with Crippen molar-refractivity contribution in [2.75, 3.05) is 47.1 Å². The summed E-state index contributed by atoms with van der Waals surface area (Å²) in [5, 5.41) is 6.48. The second-order valence-corrected chi connectivity index (χ2v) is 8.57. The van der Waals surface area contributed by atoms with E-state index >= 15 is 0 Å². The maximum Gasteiger partial charge on any atom is 0.240 e. The van der Waals surface area contributed by atoms with Crippen molar-refractivity contribution in [3.05, 3.63) is 29.8 Å². The Morgan fingerprint density at radius 2 is 1.90 bits per heavy atom. The molecule has 1 aliphatic heterocycles. The predicted octanol–water partition coefficient (Wildman–Crippen LogP) is 1.71. The molecule has 1 heterocycles. The van der Waals surface area contributed by atoms with Crippen molar-refractivity contribution in [2.24, 2.45) is 10.9 Å². The molecule has 29 heavy (non-hydrogen) atoms. The van der Waals surface area contributed by atoms with E-state index in [0.29, 0.717) is 18.4 Å². The summed E-state index contributed by atoms with van der Waals surface area (Å²) in [5.41, 5.74) is 0.970. The zero-order chi connectivity index (χ0) is 20.2. The molecule has 0 unspecified atom stereocenters. The van der Waals surface area contributed by atoms with Crippen molar-refractivity contribution >= 4 is 40.0 Å². The Hall–Kier alpha value is -0.950. The molecule has 10 heteroatoms. The van der Waals surface area contributed by atoms with Gasteiger partial charge in [-0.25, -0.2) is 13.1 Å². The van der Waals surface area contributed by atoms with Crippen LogP contribution in [0, 0.1) is 5.92 Å². The minimum Gasteiger partial charge on any atom is -0.381 e. The number of rotatable bonds is 10. The summed E-state index contributed by atoms with van der Waals surface area (Å²) in [5.74, 6) is 1.34. The van der Waals surface area contributed by atoms with Crippen LogP contribution in [0.15, 0.2) is 34.2 Å². The van der Waals surface area contributed by atoms with E-state index in [2.05, 4.69) is 20.3 Å². The van der Waals surface area contributed by atoms with Crippen molar-refractivity contribution in [2.45, 2.75) is 30.7 Å². The zero-order valence-corrected chi connectivity index (χ0v) is 20.3. The lowest BCUT2D eigenvalue weighted by molar-refractivity contribution is 0.0203. The van der Waals surface area contributed by atoms with Crippen LogP contribution in [0.3, 0.4) is 0 Å². The van der Waals surface area contributed by atoms with Gasteiger partial charge in [0.1, 0.15) is 0 Å². The Bertz CT molecular complexity index is 707. The van der Waals surface area contributed by atoms with Crippen LogP contribution >= 0.6 is 24.0 Å². The van der Waals surface area contributed by atoms with Crippen molar-refractivity contribution in [1.29, 1.82) is 0 Å². The van der Waals surface area contributed by atoms with Gasteiger partial charge >= 0.3 is 0 Å². The fraction of sp³-hybridized carbons (Fsp3) is 0.632. The molecular formula is C19H33IN4O4S. The van der Waals surface area contributed by atoms with Gasteiger partial charge in [-0.15, -0.1) is 24.0 Å². The monoisotopic (exact) mass is 540 g/mol. The first-order chi connectivity index (χ1) is 13.5. The third kappa shape index (κ3) is 9.60. The first-order valence-electron chi connectivity index (χ1n) is 9.67. The molecule has 0 aliphatic carbocycles. The topological polar surface area (TPSA) is 101 Å². The molecule has 0 amide bonds. The van der Waals surface area contributed by atoms with Gasteiger partial charge in [-0.3, -0.25) is 4.99 Å². The van der Waals surface area contributed by atoms with Crippen LogP contribution in [0.25, 0.3) is 0 Å². The molecular weight excluding hydrogens is 507 g/mol. The smallest absolute Gasteiger partial charge is 0.240 e. The van der Waals surface area contributed by atoms with Gasteiger partial charge in [-0.05, 0) is 49.9 Å². The number of aliphatic imine (C=N–C) groups is 1. The molecule has 1 aromatic carbocycles. The van der Waals surface area contributed by atoms with Gasteiger partial charge in [0, 0.05) is 46.6 Å². The molecule has 0 aromatic heterocycles. The van der Waals surface area contributed by atoms with Crippen molar-refractivity contribution in [3.8, 4) is 0 Å². The number of sulfonamides is 1. The van der Waals surface area contributed by atoms with Crippen LogP contribution in [0.1, 0.15) is 24.8 Å². The minimum absolute atomic E-state index is 0.